The van der Waals surface area contributed by atoms with Gasteiger partial charge in [0, 0.05) is 12.3 Å². The number of nitrogens with one attached hydrogen (secondary N) is 1. The molecule has 3 rings (SSSR count). The van der Waals surface area contributed by atoms with E-state index in [1.54, 1.807) is 4.68 Å². The van der Waals surface area contributed by atoms with E-state index in [0.717, 1.165) is 19.3 Å². The minimum Gasteiger partial charge on any atom is -0.278 e. The van der Waals surface area contributed by atoms with Gasteiger partial charge in [-0.1, -0.05) is 11.6 Å². The summed E-state index contributed by atoms with van der Waals surface area (Å²) in [4.78, 5) is -0.0554. The van der Waals surface area contributed by atoms with Gasteiger partial charge in [0.2, 0.25) is 0 Å². The number of anilines is 1. The first kappa shape index (κ1) is 15.2. The number of nitrogens with zero attached hydrogens (tertiary/aromatic N) is 2. The van der Waals surface area contributed by atoms with Crippen LogP contribution in [0.15, 0.2) is 29.4 Å². The van der Waals surface area contributed by atoms with Gasteiger partial charge >= 0.3 is 0 Å². The number of halogens is 3. The van der Waals surface area contributed by atoms with Gasteiger partial charge in [-0.15, -0.1) is 0 Å². The van der Waals surface area contributed by atoms with Gasteiger partial charge in [0.15, 0.2) is 11.6 Å². The van der Waals surface area contributed by atoms with Crippen LogP contribution in [0.3, 0.4) is 0 Å². The van der Waals surface area contributed by atoms with Crippen LogP contribution in [0.1, 0.15) is 25.3 Å². The van der Waals surface area contributed by atoms with E-state index in [9.17, 15) is 17.2 Å². The van der Waals surface area contributed by atoms with E-state index < -0.39 is 21.7 Å². The fraction of sp³-hybridized carbons (Fsp3) is 0.308. The molecule has 1 aromatic carbocycles. The molecule has 1 saturated carbocycles. The summed E-state index contributed by atoms with van der Waals surface area (Å²) in [7, 11) is -3.97. The molecule has 9 heteroatoms. The second kappa shape index (κ2) is 5.51. The minimum atomic E-state index is -3.97. The third-order valence-corrected chi connectivity index (χ3v) is 5.22. The van der Waals surface area contributed by atoms with Gasteiger partial charge in [-0.25, -0.2) is 17.2 Å². The first-order valence-electron chi connectivity index (χ1n) is 6.58. The Balaban J connectivity index is 1.87. The minimum absolute atomic E-state index is 0.0554. The summed E-state index contributed by atoms with van der Waals surface area (Å²) >= 11 is 5.73. The lowest BCUT2D eigenvalue weighted by Gasteiger charge is -2.25. The third kappa shape index (κ3) is 2.80. The number of aromatic nitrogens is 2. The normalized spacial score (nSPS) is 15.6. The molecule has 1 aromatic heterocycles. The molecule has 22 heavy (non-hydrogen) atoms. The van der Waals surface area contributed by atoms with Crippen molar-refractivity contribution in [3.8, 4) is 0 Å². The van der Waals surface area contributed by atoms with Crippen molar-refractivity contribution in [2.45, 2.75) is 30.2 Å². The number of sulfonamides is 1. The molecule has 1 heterocycles. The van der Waals surface area contributed by atoms with Crippen molar-refractivity contribution in [2.75, 3.05) is 4.72 Å². The maximum atomic E-state index is 13.2. The molecule has 1 N–H and O–H groups in total. The van der Waals surface area contributed by atoms with Crippen molar-refractivity contribution in [1.29, 1.82) is 0 Å². The van der Waals surface area contributed by atoms with Crippen molar-refractivity contribution < 1.29 is 17.2 Å². The molecular formula is C13H12ClF2N3O2S. The molecular weight excluding hydrogens is 336 g/mol. The largest absolute Gasteiger partial charge is 0.278 e. The van der Waals surface area contributed by atoms with E-state index in [0.29, 0.717) is 12.1 Å². The standard InChI is InChI=1S/C13H12ClF2N3O2S/c14-10-4-11(15)12(16)5-13(10)18-22(20,21)9-6-17-19(7-9)8-2-1-3-8/h4-8,18H,1-3H2. The van der Waals surface area contributed by atoms with Gasteiger partial charge in [-0.3, -0.25) is 9.40 Å². The molecule has 1 aliphatic rings. The fourth-order valence-electron chi connectivity index (χ4n) is 2.11. The number of rotatable bonds is 4. The Morgan fingerprint density at radius 1 is 1.27 bits per heavy atom. The summed E-state index contributed by atoms with van der Waals surface area (Å²) < 4.78 is 54.5. The number of hydrogen-bond donors (Lipinski definition) is 1. The lowest BCUT2D eigenvalue weighted by molar-refractivity contribution is 0.289. The second-order valence-electron chi connectivity index (χ2n) is 5.09. The molecule has 0 spiro atoms. The zero-order chi connectivity index (χ0) is 15.9. The summed E-state index contributed by atoms with van der Waals surface area (Å²) in [5.41, 5.74) is -0.225. The zero-order valence-electron chi connectivity index (χ0n) is 11.3. The van der Waals surface area contributed by atoms with Gasteiger partial charge in [-0.05, 0) is 25.3 Å². The van der Waals surface area contributed by atoms with E-state index >= 15 is 0 Å². The van der Waals surface area contributed by atoms with Crippen LogP contribution in [0, 0.1) is 11.6 Å². The Morgan fingerprint density at radius 2 is 1.95 bits per heavy atom. The van der Waals surface area contributed by atoms with Crippen LogP contribution in [-0.4, -0.2) is 18.2 Å². The third-order valence-electron chi connectivity index (χ3n) is 3.59. The van der Waals surface area contributed by atoms with Crippen LogP contribution in [0.4, 0.5) is 14.5 Å². The van der Waals surface area contributed by atoms with Crippen LogP contribution in [0.5, 0.6) is 0 Å². The van der Waals surface area contributed by atoms with E-state index in [4.69, 9.17) is 11.6 Å². The summed E-state index contributed by atoms with van der Waals surface area (Å²) in [6, 6.07) is 1.63. The van der Waals surface area contributed by atoms with Gasteiger partial charge in [0.05, 0.1) is 22.9 Å². The predicted molar refractivity (Wildman–Crippen MR) is 77.3 cm³/mol. The Labute approximate surface area is 130 Å². The molecule has 0 bridgehead atoms. The van der Waals surface area contributed by atoms with Gasteiger partial charge in [0.25, 0.3) is 10.0 Å². The highest BCUT2D eigenvalue weighted by molar-refractivity contribution is 7.92. The molecule has 0 saturated heterocycles. The Morgan fingerprint density at radius 3 is 2.59 bits per heavy atom. The van der Waals surface area contributed by atoms with Crippen LogP contribution < -0.4 is 4.72 Å². The monoisotopic (exact) mass is 347 g/mol. The number of hydrogen-bond acceptors (Lipinski definition) is 3. The molecule has 1 fully saturated rings. The summed E-state index contributed by atoms with van der Waals surface area (Å²) in [6.07, 6.45) is 5.65. The predicted octanol–water partition coefficient (Wildman–Crippen LogP) is 3.34. The Bertz CT molecular complexity index is 819. The fourth-order valence-corrected chi connectivity index (χ4v) is 3.38. The molecule has 0 aliphatic heterocycles. The van der Waals surface area contributed by atoms with Crippen molar-refractivity contribution in [2.24, 2.45) is 0 Å². The van der Waals surface area contributed by atoms with E-state index in [1.165, 1.54) is 12.4 Å². The van der Waals surface area contributed by atoms with Crippen LogP contribution in [0.2, 0.25) is 5.02 Å². The highest BCUT2D eigenvalue weighted by Crippen LogP contribution is 2.32. The molecule has 0 radical (unpaired) electrons. The Kier molecular flexibility index (Phi) is 3.82. The molecule has 5 nitrogen and oxygen atoms in total. The molecule has 1 aliphatic carbocycles. The van der Waals surface area contributed by atoms with Crippen LogP contribution >= 0.6 is 11.6 Å². The first-order valence-corrected chi connectivity index (χ1v) is 8.44. The maximum Gasteiger partial charge on any atom is 0.265 e. The van der Waals surface area contributed by atoms with Gasteiger partial charge in [-0.2, -0.15) is 5.10 Å². The smallest absolute Gasteiger partial charge is 0.265 e. The van der Waals surface area contributed by atoms with Crippen LogP contribution in [-0.2, 0) is 10.0 Å². The lowest BCUT2D eigenvalue weighted by Crippen LogP contribution is -2.17. The summed E-state index contributed by atoms with van der Waals surface area (Å²) in [5.74, 6) is -2.34. The summed E-state index contributed by atoms with van der Waals surface area (Å²) in [5, 5.41) is 3.80. The zero-order valence-corrected chi connectivity index (χ0v) is 12.8. The SMILES string of the molecule is O=S(=O)(Nc1cc(F)c(F)cc1Cl)c1cnn(C2CCC2)c1. The molecule has 2 aromatic rings. The van der Waals surface area contributed by atoms with E-state index in [-0.39, 0.29) is 21.6 Å². The number of benzene rings is 1. The average Bonchev–Trinajstić information content (AvgIpc) is 2.83. The molecule has 0 unspecified atom stereocenters. The van der Waals surface area contributed by atoms with Crippen molar-refractivity contribution in [3.05, 3.63) is 41.2 Å². The van der Waals surface area contributed by atoms with Crippen LogP contribution in [0.25, 0.3) is 0 Å². The quantitative estimate of drug-likeness (QED) is 0.863. The topological polar surface area (TPSA) is 64.0 Å². The average molecular weight is 348 g/mol. The highest BCUT2D eigenvalue weighted by atomic mass is 35.5. The lowest BCUT2D eigenvalue weighted by atomic mass is 9.93. The van der Waals surface area contributed by atoms with Gasteiger partial charge in [0.1, 0.15) is 4.90 Å². The maximum absolute atomic E-state index is 13.2. The van der Waals surface area contributed by atoms with Crippen molar-refractivity contribution in [3.63, 3.8) is 0 Å². The first-order chi connectivity index (χ1) is 10.4. The van der Waals surface area contributed by atoms with Gasteiger partial charge < -0.3 is 0 Å². The van der Waals surface area contributed by atoms with E-state index in [1.807, 2.05) is 0 Å². The Hall–Kier alpha value is -1.67. The summed E-state index contributed by atoms with van der Waals surface area (Å²) in [6.45, 7) is 0. The molecule has 118 valence electrons. The van der Waals surface area contributed by atoms with Crippen molar-refractivity contribution >= 4 is 27.3 Å². The van der Waals surface area contributed by atoms with Crippen molar-refractivity contribution in [1.82, 2.24) is 9.78 Å². The molecule has 0 amide bonds. The highest BCUT2D eigenvalue weighted by Gasteiger charge is 2.24. The van der Waals surface area contributed by atoms with E-state index in [2.05, 4.69) is 9.82 Å². The molecule has 0 atom stereocenters. The second-order valence-corrected chi connectivity index (χ2v) is 7.18.